The first-order chi connectivity index (χ1) is 25.4. The number of phosphoric acid groups is 1. The molecule has 0 spiro atoms. The number of allylic oxidation sites excluding steroid dienone is 11. The van der Waals surface area contributed by atoms with Gasteiger partial charge in [0.15, 0.2) is 6.10 Å². The molecule has 3 N–H and O–H groups in total. The molecular weight excluding hydrogens is 673 g/mol. The van der Waals surface area contributed by atoms with Crippen LogP contribution in [0.2, 0.25) is 0 Å². The molecule has 0 aromatic rings. The lowest BCUT2D eigenvalue weighted by Crippen LogP contribution is -2.25. The third kappa shape index (κ3) is 39.0. The second-order valence-corrected chi connectivity index (χ2v) is 14.6. The number of esters is 1. The van der Waals surface area contributed by atoms with Gasteiger partial charge in [-0.3, -0.25) is 13.8 Å². The van der Waals surface area contributed by atoms with Crippen molar-refractivity contribution in [3.63, 3.8) is 0 Å². The maximum absolute atomic E-state index is 12.4. The van der Waals surface area contributed by atoms with E-state index >= 15 is 0 Å². The van der Waals surface area contributed by atoms with Crippen molar-refractivity contribution in [1.82, 2.24) is 0 Å². The summed E-state index contributed by atoms with van der Waals surface area (Å²) < 4.78 is 33.1. The van der Waals surface area contributed by atoms with Crippen LogP contribution in [0.4, 0.5) is 0 Å². The van der Waals surface area contributed by atoms with E-state index in [1.165, 1.54) is 83.5 Å². The molecule has 1 unspecified atom stereocenters. The third-order valence-electron chi connectivity index (χ3n) is 8.23. The van der Waals surface area contributed by atoms with E-state index in [0.29, 0.717) is 6.42 Å². The molecule has 0 heterocycles. The molecule has 0 saturated carbocycles. The Morgan fingerprint density at radius 1 is 0.615 bits per heavy atom. The Kier molecular flexibility index (Phi) is 38.3. The molecule has 0 radical (unpaired) electrons. The number of unbranched alkanes of at least 4 members (excludes halogenated alkanes) is 15. The fourth-order valence-corrected chi connectivity index (χ4v) is 5.96. The Morgan fingerprint density at radius 3 is 1.62 bits per heavy atom. The molecule has 0 saturated heterocycles. The molecule has 0 amide bonds. The van der Waals surface area contributed by atoms with Crippen LogP contribution in [-0.2, 0) is 27.9 Å². The lowest BCUT2D eigenvalue weighted by atomic mass is 10.0. The van der Waals surface area contributed by atoms with Gasteiger partial charge in [0.1, 0.15) is 6.61 Å². The van der Waals surface area contributed by atoms with Crippen molar-refractivity contribution < 1.29 is 32.8 Å². The number of hydrogen-bond acceptors (Lipinski definition) is 7. The third-order valence-corrected chi connectivity index (χ3v) is 9.21. The van der Waals surface area contributed by atoms with Crippen LogP contribution in [0.1, 0.15) is 162 Å². The van der Waals surface area contributed by atoms with Crippen molar-refractivity contribution in [3.05, 3.63) is 73.1 Å². The quantitative estimate of drug-likeness (QED) is 0.0211. The highest BCUT2D eigenvalue weighted by Gasteiger charge is 2.24. The van der Waals surface area contributed by atoms with Crippen LogP contribution >= 0.6 is 7.82 Å². The van der Waals surface area contributed by atoms with E-state index in [9.17, 15) is 14.3 Å². The summed E-state index contributed by atoms with van der Waals surface area (Å²) in [6.45, 7) is 4.03. The number of rotatable bonds is 38. The Bertz CT molecular complexity index is 1020. The van der Waals surface area contributed by atoms with Gasteiger partial charge >= 0.3 is 13.8 Å². The molecule has 300 valence electrons. The smallest absolute Gasteiger partial charge is 0.472 e. The molecule has 8 nitrogen and oxygen atoms in total. The van der Waals surface area contributed by atoms with Crippen LogP contribution in [-0.4, -0.2) is 43.3 Å². The van der Waals surface area contributed by atoms with Gasteiger partial charge in [0.25, 0.3) is 0 Å². The van der Waals surface area contributed by atoms with Gasteiger partial charge in [0, 0.05) is 13.0 Å². The molecule has 9 heteroatoms. The largest absolute Gasteiger partial charge is 0.492 e. The van der Waals surface area contributed by atoms with E-state index in [1.54, 1.807) is 6.26 Å². The summed E-state index contributed by atoms with van der Waals surface area (Å²) in [5.41, 5.74) is 5.35. The summed E-state index contributed by atoms with van der Waals surface area (Å²) in [7, 11) is -4.28. The zero-order valence-electron chi connectivity index (χ0n) is 33.0. The second kappa shape index (κ2) is 40.0. The van der Waals surface area contributed by atoms with Gasteiger partial charge in [-0.05, 0) is 63.9 Å². The highest BCUT2D eigenvalue weighted by atomic mass is 31.2. The minimum absolute atomic E-state index is 0.0903. The summed E-state index contributed by atoms with van der Waals surface area (Å²) in [4.78, 5) is 22.2. The van der Waals surface area contributed by atoms with E-state index in [-0.39, 0.29) is 38.8 Å². The average Bonchev–Trinajstić information content (AvgIpc) is 3.14. The number of hydrogen-bond donors (Lipinski definition) is 2. The van der Waals surface area contributed by atoms with Crippen LogP contribution in [0.15, 0.2) is 73.1 Å². The first-order valence-electron chi connectivity index (χ1n) is 20.5. The topological polar surface area (TPSA) is 117 Å². The Labute approximate surface area is 318 Å². The number of ether oxygens (including phenoxy) is 2. The van der Waals surface area contributed by atoms with E-state index in [2.05, 4.69) is 74.6 Å². The molecule has 0 aliphatic heterocycles. The normalized spacial score (nSPS) is 14.2. The lowest BCUT2D eigenvalue weighted by Gasteiger charge is -2.19. The van der Waals surface area contributed by atoms with Gasteiger partial charge in [0.2, 0.25) is 0 Å². The standard InChI is InChI=1S/C43H76NO7P/c1-3-5-7-9-11-13-15-17-19-21-22-24-26-28-30-32-34-36-43(45)49-40-42(41-51-52(46,47)50-39-37-44)48-38-35-33-31-29-27-25-23-20-18-16-14-12-10-8-6-4-2/h5,7,11,13,17,19,22,24,28,30,35,38,42H,3-4,6,8-10,12,14-16,18,20-21,23,25-27,29,31-34,36-37,39-41,44H2,1-2H3,(H,46,47)/t42-/m1/s1. The monoisotopic (exact) mass is 750 g/mol. The molecular formula is C43H76NO7P. The molecule has 0 rings (SSSR count). The molecule has 0 aromatic carbocycles. The van der Waals surface area contributed by atoms with Gasteiger partial charge in [-0.25, -0.2) is 4.57 Å². The van der Waals surface area contributed by atoms with Crippen LogP contribution < -0.4 is 5.73 Å². The highest BCUT2D eigenvalue weighted by molar-refractivity contribution is 7.47. The van der Waals surface area contributed by atoms with E-state index in [1.807, 2.05) is 6.08 Å². The molecule has 0 aliphatic carbocycles. The molecule has 0 fully saturated rings. The molecule has 0 aromatic heterocycles. The molecule has 2 atom stereocenters. The minimum atomic E-state index is -4.28. The van der Waals surface area contributed by atoms with Crippen molar-refractivity contribution in [2.45, 2.75) is 168 Å². The van der Waals surface area contributed by atoms with Crippen LogP contribution in [0.25, 0.3) is 0 Å². The summed E-state index contributed by atoms with van der Waals surface area (Å²) in [6.07, 6.45) is 50.2. The van der Waals surface area contributed by atoms with Gasteiger partial charge in [-0.15, -0.1) is 0 Å². The SMILES string of the molecule is CCC=CCC=CCC=CCC=CCC=CCCCC(=O)OC[C@H](COP(=O)(O)OCCN)OC=CCCCCCCCCCCCCCCCC. The number of phosphoric ester groups is 1. The fraction of sp³-hybridized carbons (Fsp3) is 0.698. The lowest BCUT2D eigenvalue weighted by molar-refractivity contribution is -0.147. The molecule has 52 heavy (non-hydrogen) atoms. The maximum Gasteiger partial charge on any atom is 0.472 e. The summed E-state index contributed by atoms with van der Waals surface area (Å²) in [6, 6.07) is 0. The van der Waals surface area contributed by atoms with Crippen molar-refractivity contribution >= 4 is 13.8 Å². The van der Waals surface area contributed by atoms with Crippen molar-refractivity contribution in [2.75, 3.05) is 26.4 Å². The van der Waals surface area contributed by atoms with Crippen molar-refractivity contribution in [2.24, 2.45) is 5.73 Å². The van der Waals surface area contributed by atoms with Crippen LogP contribution in [0, 0.1) is 0 Å². The van der Waals surface area contributed by atoms with Gasteiger partial charge in [-0.1, -0.05) is 158 Å². The molecule has 0 aliphatic rings. The summed E-state index contributed by atoms with van der Waals surface area (Å²) >= 11 is 0. The number of nitrogens with two attached hydrogens (primary N) is 1. The van der Waals surface area contributed by atoms with E-state index in [4.69, 9.17) is 24.3 Å². The van der Waals surface area contributed by atoms with E-state index < -0.39 is 13.9 Å². The first kappa shape index (κ1) is 49.8. The zero-order valence-corrected chi connectivity index (χ0v) is 33.9. The van der Waals surface area contributed by atoms with Gasteiger partial charge in [0.05, 0.1) is 19.5 Å². The summed E-state index contributed by atoms with van der Waals surface area (Å²) in [5.74, 6) is -0.348. The fourth-order valence-electron chi connectivity index (χ4n) is 5.19. The zero-order chi connectivity index (χ0) is 38.1. The van der Waals surface area contributed by atoms with Crippen molar-refractivity contribution in [1.29, 1.82) is 0 Å². The predicted molar refractivity (Wildman–Crippen MR) is 219 cm³/mol. The Morgan fingerprint density at radius 2 is 1.10 bits per heavy atom. The van der Waals surface area contributed by atoms with Crippen LogP contribution in [0.3, 0.4) is 0 Å². The summed E-state index contributed by atoms with van der Waals surface area (Å²) in [5, 5.41) is 0. The molecule has 0 bridgehead atoms. The van der Waals surface area contributed by atoms with Gasteiger partial charge < -0.3 is 20.1 Å². The Balaban J connectivity index is 4.22. The average molecular weight is 750 g/mol. The minimum Gasteiger partial charge on any atom is -0.492 e. The predicted octanol–water partition coefficient (Wildman–Crippen LogP) is 12.3. The number of carbonyl (C=O) groups is 1. The first-order valence-corrected chi connectivity index (χ1v) is 22.0. The second-order valence-electron chi connectivity index (χ2n) is 13.2. The van der Waals surface area contributed by atoms with Crippen LogP contribution in [0.5, 0.6) is 0 Å². The Hall–Kier alpha value is -2.22. The number of carbonyl (C=O) groups excluding carboxylic acids is 1. The van der Waals surface area contributed by atoms with E-state index in [0.717, 1.165) is 51.4 Å². The highest BCUT2D eigenvalue weighted by Crippen LogP contribution is 2.43. The maximum atomic E-state index is 12.4. The van der Waals surface area contributed by atoms with Crippen molar-refractivity contribution in [3.8, 4) is 0 Å². The van der Waals surface area contributed by atoms with Gasteiger partial charge in [-0.2, -0.15) is 0 Å².